The van der Waals surface area contributed by atoms with Crippen molar-refractivity contribution in [1.82, 2.24) is 4.90 Å². The molecule has 1 aromatic carbocycles. The third-order valence-corrected chi connectivity index (χ3v) is 5.63. The van der Waals surface area contributed by atoms with Gasteiger partial charge in [0.15, 0.2) is 0 Å². The molecule has 0 aliphatic heterocycles. The molecule has 2 aromatic rings. The summed E-state index contributed by atoms with van der Waals surface area (Å²) >= 11 is 1.90. The van der Waals surface area contributed by atoms with Gasteiger partial charge in [-0.1, -0.05) is 30.3 Å². The highest BCUT2D eigenvalue weighted by atomic mass is 32.1. The zero-order chi connectivity index (χ0) is 13.3. The first-order valence-electron chi connectivity index (χ1n) is 7.00. The molecule has 1 aliphatic rings. The second-order valence-electron chi connectivity index (χ2n) is 5.67. The van der Waals surface area contributed by atoms with Crippen LogP contribution in [0, 0.1) is 0 Å². The van der Waals surface area contributed by atoms with E-state index in [0.717, 1.165) is 0 Å². The molecule has 1 aromatic heterocycles. The van der Waals surface area contributed by atoms with Crippen molar-refractivity contribution in [3.05, 3.63) is 57.8 Å². The predicted molar refractivity (Wildman–Crippen MR) is 82.8 cm³/mol. The summed E-state index contributed by atoms with van der Waals surface area (Å²) in [6.07, 6.45) is 4.81. The highest BCUT2D eigenvalue weighted by Gasteiger charge is 2.36. The van der Waals surface area contributed by atoms with Crippen molar-refractivity contribution in [2.24, 2.45) is 0 Å². The summed E-state index contributed by atoms with van der Waals surface area (Å²) < 4.78 is 0. The molecule has 100 valence electrons. The summed E-state index contributed by atoms with van der Waals surface area (Å²) in [6, 6.07) is 13.4. The normalized spacial score (nSPS) is 18.1. The topological polar surface area (TPSA) is 3.24 Å². The molecule has 0 N–H and O–H groups in total. The highest BCUT2D eigenvalue weighted by molar-refractivity contribution is 7.10. The zero-order valence-corrected chi connectivity index (χ0v) is 12.5. The van der Waals surface area contributed by atoms with E-state index in [9.17, 15) is 0 Å². The number of benzene rings is 1. The Morgan fingerprint density at radius 3 is 2.05 bits per heavy atom. The van der Waals surface area contributed by atoms with Crippen LogP contribution in [-0.2, 0) is 18.4 Å². The quantitative estimate of drug-likeness (QED) is 0.744. The van der Waals surface area contributed by atoms with E-state index in [1.165, 1.54) is 30.6 Å². The maximum absolute atomic E-state index is 2.44. The van der Waals surface area contributed by atoms with Crippen LogP contribution in [-0.4, -0.2) is 19.0 Å². The van der Waals surface area contributed by atoms with Crippen molar-refractivity contribution < 1.29 is 0 Å². The third-order valence-electron chi connectivity index (χ3n) is 4.57. The first-order valence-corrected chi connectivity index (χ1v) is 7.88. The minimum Gasteiger partial charge on any atom is -0.299 e. The van der Waals surface area contributed by atoms with Crippen LogP contribution in [0.1, 0.15) is 28.8 Å². The van der Waals surface area contributed by atoms with Crippen LogP contribution in [0.3, 0.4) is 0 Å². The first kappa shape index (κ1) is 12.9. The molecule has 0 spiro atoms. The zero-order valence-electron chi connectivity index (χ0n) is 11.7. The van der Waals surface area contributed by atoms with E-state index < -0.39 is 0 Å². The molecule has 1 aliphatic carbocycles. The van der Waals surface area contributed by atoms with Crippen LogP contribution < -0.4 is 0 Å². The fraction of sp³-hybridized carbons (Fsp3) is 0.412. The molecular formula is C17H21NS. The van der Waals surface area contributed by atoms with Gasteiger partial charge >= 0.3 is 0 Å². The lowest BCUT2D eigenvalue weighted by Gasteiger charge is -2.39. The molecule has 0 saturated carbocycles. The van der Waals surface area contributed by atoms with Crippen molar-refractivity contribution >= 4 is 11.3 Å². The lowest BCUT2D eigenvalue weighted by atomic mass is 9.86. The van der Waals surface area contributed by atoms with Gasteiger partial charge in [0.25, 0.3) is 0 Å². The Morgan fingerprint density at radius 2 is 1.58 bits per heavy atom. The summed E-state index contributed by atoms with van der Waals surface area (Å²) in [7, 11) is 4.46. The van der Waals surface area contributed by atoms with E-state index in [-0.39, 0.29) is 5.54 Å². The third kappa shape index (κ3) is 2.24. The Labute approximate surface area is 119 Å². The van der Waals surface area contributed by atoms with Gasteiger partial charge in [0.1, 0.15) is 0 Å². The summed E-state index contributed by atoms with van der Waals surface area (Å²) in [6.45, 7) is 0. The van der Waals surface area contributed by atoms with Crippen molar-refractivity contribution in [3.8, 4) is 0 Å². The van der Waals surface area contributed by atoms with Crippen LogP contribution >= 0.6 is 11.3 Å². The second kappa shape index (κ2) is 5.10. The average Bonchev–Trinajstić information content (AvgIpc) is 2.87. The number of hydrogen-bond donors (Lipinski definition) is 0. The lowest BCUT2D eigenvalue weighted by molar-refractivity contribution is 0.134. The molecule has 0 amide bonds. The molecular weight excluding hydrogens is 250 g/mol. The highest BCUT2D eigenvalue weighted by Crippen LogP contribution is 2.41. The second-order valence-corrected chi connectivity index (χ2v) is 6.62. The number of nitrogens with zero attached hydrogens (tertiary/aromatic N) is 1. The molecule has 0 atom stereocenters. The molecule has 19 heavy (non-hydrogen) atoms. The van der Waals surface area contributed by atoms with E-state index in [1.54, 1.807) is 11.1 Å². The van der Waals surface area contributed by atoms with Crippen LogP contribution in [0.5, 0.6) is 0 Å². The maximum atomic E-state index is 2.44. The standard InChI is InChI=1S/C17H21NS/c1-18(2)17(16-8-5-13-19-16)11-9-14-6-3-4-7-15(14)10-12-17/h3-8,13H,9-12H2,1-2H3. The summed E-state index contributed by atoms with van der Waals surface area (Å²) in [5, 5.41) is 2.21. The number of thiophene rings is 1. The Morgan fingerprint density at radius 1 is 0.947 bits per heavy atom. The smallest absolute Gasteiger partial charge is 0.0555 e. The summed E-state index contributed by atoms with van der Waals surface area (Å²) in [5.74, 6) is 0. The fourth-order valence-corrected chi connectivity index (χ4v) is 4.38. The molecule has 1 heterocycles. The minimum atomic E-state index is 0.215. The number of rotatable bonds is 2. The maximum Gasteiger partial charge on any atom is 0.0555 e. The van der Waals surface area contributed by atoms with Gasteiger partial charge in [0.2, 0.25) is 0 Å². The van der Waals surface area contributed by atoms with Crippen molar-refractivity contribution in [2.45, 2.75) is 31.2 Å². The van der Waals surface area contributed by atoms with Gasteiger partial charge in [-0.05, 0) is 62.4 Å². The van der Waals surface area contributed by atoms with Gasteiger partial charge in [-0.15, -0.1) is 11.3 Å². The van der Waals surface area contributed by atoms with E-state index in [0.29, 0.717) is 0 Å². The predicted octanol–water partition coefficient (Wildman–Crippen LogP) is 4.08. The van der Waals surface area contributed by atoms with E-state index in [4.69, 9.17) is 0 Å². The van der Waals surface area contributed by atoms with E-state index in [1.807, 2.05) is 11.3 Å². The Balaban J connectivity index is 1.97. The molecule has 0 radical (unpaired) electrons. The van der Waals surface area contributed by atoms with Crippen LogP contribution in [0.4, 0.5) is 0 Å². The number of aryl methyl sites for hydroxylation is 2. The minimum absolute atomic E-state index is 0.215. The van der Waals surface area contributed by atoms with Gasteiger partial charge in [0.05, 0.1) is 5.54 Å². The number of fused-ring (bicyclic) bond motifs is 1. The van der Waals surface area contributed by atoms with Crippen LogP contribution in [0.15, 0.2) is 41.8 Å². The van der Waals surface area contributed by atoms with Crippen LogP contribution in [0.2, 0.25) is 0 Å². The SMILES string of the molecule is CN(C)C1(c2cccs2)CCc2ccccc2CC1. The Bertz CT molecular complexity index is 515. The van der Waals surface area contributed by atoms with E-state index >= 15 is 0 Å². The Kier molecular flexibility index (Phi) is 3.46. The first-order chi connectivity index (χ1) is 9.22. The summed E-state index contributed by atoms with van der Waals surface area (Å²) in [5.41, 5.74) is 3.30. The van der Waals surface area contributed by atoms with Gasteiger partial charge in [-0.2, -0.15) is 0 Å². The molecule has 3 rings (SSSR count). The average molecular weight is 271 g/mol. The summed E-state index contributed by atoms with van der Waals surface area (Å²) in [4.78, 5) is 3.95. The molecule has 0 unspecified atom stereocenters. The largest absolute Gasteiger partial charge is 0.299 e. The van der Waals surface area contributed by atoms with Crippen molar-refractivity contribution in [3.63, 3.8) is 0 Å². The molecule has 1 nitrogen and oxygen atoms in total. The fourth-order valence-electron chi connectivity index (χ4n) is 3.31. The molecule has 0 fully saturated rings. The van der Waals surface area contributed by atoms with Gasteiger partial charge in [0, 0.05) is 4.88 Å². The van der Waals surface area contributed by atoms with Crippen molar-refractivity contribution in [2.75, 3.05) is 14.1 Å². The van der Waals surface area contributed by atoms with Crippen molar-refractivity contribution in [1.29, 1.82) is 0 Å². The van der Waals surface area contributed by atoms with Gasteiger partial charge in [-0.25, -0.2) is 0 Å². The van der Waals surface area contributed by atoms with E-state index in [2.05, 4.69) is 60.8 Å². The van der Waals surface area contributed by atoms with Crippen LogP contribution in [0.25, 0.3) is 0 Å². The van der Waals surface area contributed by atoms with Gasteiger partial charge < -0.3 is 0 Å². The molecule has 0 saturated heterocycles. The monoisotopic (exact) mass is 271 g/mol. The Hall–Kier alpha value is -1.12. The molecule has 0 bridgehead atoms. The lowest BCUT2D eigenvalue weighted by Crippen LogP contribution is -2.41. The molecule has 2 heteroatoms. The van der Waals surface area contributed by atoms with Gasteiger partial charge in [-0.3, -0.25) is 4.90 Å². The number of hydrogen-bond acceptors (Lipinski definition) is 2.